The van der Waals surface area contributed by atoms with E-state index in [0.717, 1.165) is 35.7 Å². The topological polar surface area (TPSA) is 50.6 Å². The lowest BCUT2D eigenvalue weighted by atomic mass is 10.1. The van der Waals surface area contributed by atoms with Crippen molar-refractivity contribution in [3.63, 3.8) is 0 Å². The molecule has 0 atom stereocenters. The van der Waals surface area contributed by atoms with E-state index in [4.69, 9.17) is 4.74 Å². The van der Waals surface area contributed by atoms with E-state index in [0.29, 0.717) is 31.0 Å². The maximum absolute atomic E-state index is 13.4. The van der Waals surface area contributed by atoms with Gasteiger partial charge in [-0.3, -0.25) is 4.79 Å². The molecule has 1 fully saturated rings. The molecule has 3 aromatic rings. The van der Waals surface area contributed by atoms with Crippen molar-refractivity contribution in [1.82, 2.24) is 14.7 Å². The highest BCUT2D eigenvalue weighted by atomic mass is 19.1. The highest BCUT2D eigenvalue weighted by Crippen LogP contribution is 2.25. The fourth-order valence-corrected chi connectivity index (χ4v) is 4.06. The molecule has 6 nitrogen and oxygen atoms in total. The Hall–Kier alpha value is -3.19. The van der Waals surface area contributed by atoms with Crippen molar-refractivity contribution >= 4 is 11.6 Å². The van der Waals surface area contributed by atoms with Crippen molar-refractivity contribution in [3.05, 3.63) is 76.9 Å². The standard InChI is InChI=1S/C24H27FN4O2/c1-17-23(18(2)29(26-17)21-10-8-20(25)9-11-21)24(30)27(3)16-19-6-4-5-7-22(19)28-12-14-31-15-13-28/h4-11H,12-16H2,1-3H3. The first-order valence-electron chi connectivity index (χ1n) is 10.4. The highest BCUT2D eigenvalue weighted by Gasteiger charge is 2.24. The van der Waals surface area contributed by atoms with Gasteiger partial charge in [-0.05, 0) is 49.7 Å². The first kappa shape index (κ1) is 21.1. The quantitative estimate of drug-likeness (QED) is 0.629. The van der Waals surface area contributed by atoms with Crippen molar-refractivity contribution in [2.45, 2.75) is 20.4 Å². The molecule has 1 aliphatic rings. The van der Waals surface area contributed by atoms with Crippen LogP contribution in [0.3, 0.4) is 0 Å². The van der Waals surface area contributed by atoms with Crippen LogP contribution in [0.25, 0.3) is 5.69 Å². The molecule has 0 radical (unpaired) electrons. The Morgan fingerprint density at radius 2 is 1.77 bits per heavy atom. The highest BCUT2D eigenvalue weighted by molar-refractivity contribution is 5.96. The Labute approximate surface area is 181 Å². The molecule has 2 aromatic carbocycles. The molecule has 0 spiro atoms. The number of aryl methyl sites for hydroxylation is 1. The van der Waals surface area contributed by atoms with Crippen LogP contribution in [0.15, 0.2) is 48.5 Å². The number of hydrogen-bond donors (Lipinski definition) is 0. The van der Waals surface area contributed by atoms with Crippen LogP contribution in [0.5, 0.6) is 0 Å². The van der Waals surface area contributed by atoms with Gasteiger partial charge in [0, 0.05) is 32.4 Å². The molecule has 0 aliphatic carbocycles. The van der Waals surface area contributed by atoms with Crippen LogP contribution in [0, 0.1) is 19.7 Å². The molecule has 4 rings (SSSR count). The van der Waals surface area contributed by atoms with Gasteiger partial charge >= 0.3 is 0 Å². The van der Waals surface area contributed by atoms with Crippen molar-refractivity contribution in [3.8, 4) is 5.69 Å². The molecule has 2 heterocycles. The summed E-state index contributed by atoms with van der Waals surface area (Å²) in [6.07, 6.45) is 0. The number of ether oxygens (including phenoxy) is 1. The molecule has 7 heteroatoms. The molecular weight excluding hydrogens is 395 g/mol. The smallest absolute Gasteiger partial charge is 0.257 e. The summed E-state index contributed by atoms with van der Waals surface area (Å²) < 4.78 is 20.5. The van der Waals surface area contributed by atoms with Gasteiger partial charge in [-0.15, -0.1) is 0 Å². The van der Waals surface area contributed by atoms with Gasteiger partial charge in [0.05, 0.1) is 35.9 Å². The minimum absolute atomic E-state index is 0.0832. The largest absolute Gasteiger partial charge is 0.378 e. The maximum atomic E-state index is 13.4. The van der Waals surface area contributed by atoms with Gasteiger partial charge in [0.2, 0.25) is 0 Å². The van der Waals surface area contributed by atoms with Gasteiger partial charge in [-0.25, -0.2) is 9.07 Å². The van der Waals surface area contributed by atoms with Crippen LogP contribution < -0.4 is 4.90 Å². The summed E-state index contributed by atoms with van der Waals surface area (Å²) in [5.74, 6) is -0.389. The van der Waals surface area contributed by atoms with Gasteiger partial charge < -0.3 is 14.5 Å². The zero-order valence-electron chi connectivity index (χ0n) is 18.1. The number of hydrogen-bond acceptors (Lipinski definition) is 4. The summed E-state index contributed by atoms with van der Waals surface area (Å²) >= 11 is 0. The lowest BCUT2D eigenvalue weighted by Gasteiger charge is -2.31. The molecule has 1 aromatic heterocycles. The van der Waals surface area contributed by atoms with E-state index in [-0.39, 0.29) is 11.7 Å². The van der Waals surface area contributed by atoms with E-state index < -0.39 is 0 Å². The molecule has 0 N–H and O–H groups in total. The second kappa shape index (κ2) is 8.89. The number of aromatic nitrogens is 2. The molecule has 0 saturated carbocycles. The predicted molar refractivity (Wildman–Crippen MR) is 118 cm³/mol. The second-order valence-corrected chi connectivity index (χ2v) is 7.82. The van der Waals surface area contributed by atoms with Crippen LogP contribution >= 0.6 is 0 Å². The van der Waals surface area contributed by atoms with Crippen LogP contribution in [-0.4, -0.2) is 53.9 Å². The van der Waals surface area contributed by atoms with Crippen LogP contribution in [0.4, 0.5) is 10.1 Å². The van der Waals surface area contributed by atoms with Crippen LogP contribution in [0.2, 0.25) is 0 Å². The molecule has 0 bridgehead atoms. The minimum atomic E-state index is -0.305. The summed E-state index contributed by atoms with van der Waals surface area (Å²) in [5.41, 5.74) is 4.93. The first-order valence-corrected chi connectivity index (χ1v) is 10.4. The van der Waals surface area contributed by atoms with E-state index in [1.807, 2.05) is 33.0 Å². The van der Waals surface area contributed by atoms with Crippen molar-refractivity contribution < 1.29 is 13.9 Å². The Morgan fingerprint density at radius 3 is 2.48 bits per heavy atom. The Morgan fingerprint density at radius 1 is 1.10 bits per heavy atom. The predicted octanol–water partition coefficient (Wildman–Crippen LogP) is 3.74. The molecular formula is C24H27FN4O2. The lowest BCUT2D eigenvalue weighted by molar-refractivity contribution is 0.0783. The van der Waals surface area contributed by atoms with E-state index in [1.54, 1.807) is 21.7 Å². The molecule has 1 amide bonds. The van der Waals surface area contributed by atoms with Crippen molar-refractivity contribution in [2.24, 2.45) is 0 Å². The van der Waals surface area contributed by atoms with Crippen molar-refractivity contribution in [2.75, 3.05) is 38.3 Å². The summed E-state index contributed by atoms with van der Waals surface area (Å²) in [7, 11) is 1.81. The number of carbonyl (C=O) groups excluding carboxylic acids is 1. The lowest BCUT2D eigenvalue weighted by Crippen LogP contribution is -2.37. The van der Waals surface area contributed by atoms with E-state index in [1.165, 1.54) is 12.1 Å². The summed E-state index contributed by atoms with van der Waals surface area (Å²) in [6, 6.07) is 14.3. The van der Waals surface area contributed by atoms with E-state index in [2.05, 4.69) is 22.1 Å². The third kappa shape index (κ3) is 4.32. The Balaban J connectivity index is 1.58. The van der Waals surface area contributed by atoms with E-state index in [9.17, 15) is 9.18 Å². The third-order valence-electron chi connectivity index (χ3n) is 5.67. The number of carbonyl (C=O) groups is 1. The van der Waals surface area contributed by atoms with Gasteiger partial charge in [-0.2, -0.15) is 5.10 Å². The summed E-state index contributed by atoms with van der Waals surface area (Å²) in [6.45, 7) is 7.30. The van der Waals surface area contributed by atoms with Gasteiger partial charge in [0.1, 0.15) is 5.82 Å². The minimum Gasteiger partial charge on any atom is -0.378 e. The number of rotatable bonds is 5. The molecule has 0 unspecified atom stereocenters. The Bertz CT molecular complexity index is 1070. The molecule has 1 saturated heterocycles. The zero-order valence-corrected chi connectivity index (χ0v) is 18.1. The van der Waals surface area contributed by atoms with Gasteiger partial charge in [0.25, 0.3) is 5.91 Å². The fourth-order valence-electron chi connectivity index (χ4n) is 4.06. The molecule has 162 valence electrons. The second-order valence-electron chi connectivity index (χ2n) is 7.82. The number of amides is 1. The normalized spacial score (nSPS) is 14.0. The number of halogens is 1. The SMILES string of the molecule is Cc1nn(-c2ccc(F)cc2)c(C)c1C(=O)N(C)Cc1ccccc1N1CCOCC1. The van der Waals surface area contributed by atoms with Gasteiger partial charge in [-0.1, -0.05) is 18.2 Å². The zero-order chi connectivity index (χ0) is 22.0. The number of benzene rings is 2. The van der Waals surface area contributed by atoms with Crippen LogP contribution in [0.1, 0.15) is 27.3 Å². The molecule has 31 heavy (non-hydrogen) atoms. The number of morpholine rings is 1. The van der Waals surface area contributed by atoms with Crippen molar-refractivity contribution in [1.29, 1.82) is 0 Å². The monoisotopic (exact) mass is 422 g/mol. The van der Waals surface area contributed by atoms with E-state index >= 15 is 0 Å². The number of nitrogens with zero attached hydrogens (tertiary/aromatic N) is 4. The number of anilines is 1. The first-order chi connectivity index (χ1) is 15.0. The van der Waals surface area contributed by atoms with Gasteiger partial charge in [0.15, 0.2) is 0 Å². The van der Waals surface area contributed by atoms with Crippen LogP contribution in [-0.2, 0) is 11.3 Å². The average molecular weight is 423 g/mol. The average Bonchev–Trinajstić information content (AvgIpc) is 3.08. The summed E-state index contributed by atoms with van der Waals surface area (Å²) in [4.78, 5) is 17.4. The maximum Gasteiger partial charge on any atom is 0.257 e. The Kier molecular flexibility index (Phi) is 6.04. The number of para-hydroxylation sites is 1. The summed E-state index contributed by atoms with van der Waals surface area (Å²) in [5, 5.41) is 4.54. The molecule has 1 aliphatic heterocycles. The fraction of sp³-hybridized carbons (Fsp3) is 0.333. The third-order valence-corrected chi connectivity index (χ3v) is 5.67.